The Hall–Kier alpha value is -0.120. The number of hydrogen-bond donors (Lipinski definition) is 0. The molecule has 3 heteroatoms. The van der Waals surface area contributed by atoms with Crippen molar-refractivity contribution in [2.24, 2.45) is 0 Å². The average Bonchev–Trinajstić information content (AvgIpc) is 2.46. The highest BCUT2D eigenvalue weighted by molar-refractivity contribution is 9.11. The van der Waals surface area contributed by atoms with E-state index in [4.69, 9.17) is 0 Å². The van der Waals surface area contributed by atoms with Crippen molar-refractivity contribution in [2.75, 3.05) is 0 Å². The first-order chi connectivity index (χ1) is 6.33. The third-order valence-corrected chi connectivity index (χ3v) is 4.29. The van der Waals surface area contributed by atoms with Crippen LogP contribution in [0.4, 0.5) is 0 Å². The molecule has 0 aliphatic heterocycles. The molecule has 0 unspecified atom stereocenters. The van der Waals surface area contributed by atoms with E-state index in [1.807, 2.05) is 4.99 Å². The van der Waals surface area contributed by atoms with Gasteiger partial charge in [-0.15, -0.1) is 11.3 Å². The van der Waals surface area contributed by atoms with Crippen LogP contribution in [0.1, 0.15) is 4.88 Å². The quantitative estimate of drug-likeness (QED) is 0.692. The summed E-state index contributed by atoms with van der Waals surface area (Å²) in [4.78, 5) is 3.13. The zero-order valence-corrected chi connectivity index (χ0v) is 10.6. The molecule has 2 aromatic rings. The zero-order chi connectivity index (χ0) is 9.26. The van der Waals surface area contributed by atoms with Crippen LogP contribution < -0.4 is 0 Å². The molecule has 1 aromatic carbocycles. The van der Waals surface area contributed by atoms with Crippen LogP contribution >= 0.6 is 43.2 Å². The summed E-state index contributed by atoms with van der Waals surface area (Å²) in [6.07, 6.45) is 2.05. The summed E-state index contributed by atoms with van der Waals surface area (Å²) in [5, 5.41) is 1.29. The van der Waals surface area contributed by atoms with Gasteiger partial charge in [-0.2, -0.15) is 0 Å². The molecule has 0 N–H and O–H groups in total. The fraction of sp³-hybridized carbons (Fsp3) is 0. The predicted molar refractivity (Wildman–Crippen MR) is 67.5 cm³/mol. The molecule has 0 fully saturated rings. The number of hydrogen-bond acceptors (Lipinski definition) is 1. The fourth-order valence-corrected chi connectivity index (χ4v) is 3.49. The number of fused-ring (bicyclic) bond motifs is 1. The first-order valence-corrected chi connectivity index (χ1v) is 6.29. The van der Waals surface area contributed by atoms with Crippen molar-refractivity contribution in [3.63, 3.8) is 0 Å². The van der Waals surface area contributed by atoms with Gasteiger partial charge in [0.25, 0.3) is 0 Å². The van der Waals surface area contributed by atoms with E-state index in [1.165, 1.54) is 19.4 Å². The third-order valence-electron chi connectivity index (χ3n) is 1.77. The first kappa shape index (κ1) is 9.44. The van der Waals surface area contributed by atoms with Gasteiger partial charge >= 0.3 is 0 Å². The van der Waals surface area contributed by atoms with E-state index in [2.05, 4.69) is 62.2 Å². The van der Waals surface area contributed by atoms with Crippen molar-refractivity contribution in [1.29, 1.82) is 0 Å². The summed E-state index contributed by atoms with van der Waals surface area (Å²) in [6.45, 7) is 0. The maximum absolute atomic E-state index is 3.59. The van der Waals surface area contributed by atoms with E-state index in [-0.39, 0.29) is 0 Å². The Morgan fingerprint density at radius 3 is 2.69 bits per heavy atom. The molecule has 1 heterocycles. The van der Waals surface area contributed by atoms with Gasteiger partial charge in [0.1, 0.15) is 0 Å². The van der Waals surface area contributed by atoms with Gasteiger partial charge in [0, 0.05) is 19.4 Å². The van der Waals surface area contributed by atoms with Crippen LogP contribution in [0.15, 0.2) is 33.7 Å². The van der Waals surface area contributed by atoms with Crippen LogP contribution in [-0.4, -0.2) is 0 Å². The lowest BCUT2D eigenvalue weighted by Gasteiger charge is -1.87. The molecule has 0 amide bonds. The third kappa shape index (κ3) is 1.73. The van der Waals surface area contributed by atoms with Crippen molar-refractivity contribution < 1.29 is 0 Å². The SMILES string of the molecule is Br/C=C/c1sc2ccccc2c1Br. The minimum atomic E-state index is 1.18. The van der Waals surface area contributed by atoms with Crippen molar-refractivity contribution in [3.05, 3.63) is 38.6 Å². The van der Waals surface area contributed by atoms with Gasteiger partial charge in [-0.05, 0) is 33.1 Å². The second-order valence-corrected chi connectivity index (χ2v) is 4.97. The smallest absolute Gasteiger partial charge is 0.0434 e. The largest absolute Gasteiger partial charge is 0.135 e. The Morgan fingerprint density at radius 2 is 2.00 bits per heavy atom. The van der Waals surface area contributed by atoms with Crippen LogP contribution in [0.25, 0.3) is 16.2 Å². The van der Waals surface area contributed by atoms with E-state index < -0.39 is 0 Å². The highest BCUT2D eigenvalue weighted by Crippen LogP contribution is 2.36. The van der Waals surface area contributed by atoms with Crippen LogP contribution in [0.2, 0.25) is 0 Å². The van der Waals surface area contributed by atoms with Gasteiger partial charge in [-0.1, -0.05) is 34.1 Å². The molecular weight excluding hydrogens is 312 g/mol. The lowest BCUT2D eigenvalue weighted by molar-refractivity contribution is 1.82. The van der Waals surface area contributed by atoms with Gasteiger partial charge < -0.3 is 0 Å². The lowest BCUT2D eigenvalue weighted by atomic mass is 10.2. The minimum absolute atomic E-state index is 1.18. The summed E-state index contributed by atoms with van der Waals surface area (Å²) < 4.78 is 2.50. The van der Waals surface area contributed by atoms with E-state index in [1.54, 1.807) is 11.3 Å². The van der Waals surface area contributed by atoms with Crippen molar-refractivity contribution >= 4 is 59.4 Å². The Bertz CT molecular complexity index is 457. The molecular formula is C10H6Br2S. The molecule has 2 rings (SSSR count). The second-order valence-electron chi connectivity index (χ2n) is 2.57. The van der Waals surface area contributed by atoms with Crippen LogP contribution in [0.5, 0.6) is 0 Å². The monoisotopic (exact) mass is 316 g/mol. The molecule has 0 saturated heterocycles. The molecule has 0 bridgehead atoms. The van der Waals surface area contributed by atoms with Gasteiger partial charge in [0.05, 0.1) is 0 Å². The predicted octanol–water partition coefficient (Wildman–Crippen LogP) is 5.03. The fourth-order valence-electron chi connectivity index (χ4n) is 1.20. The maximum Gasteiger partial charge on any atom is 0.0434 e. The topological polar surface area (TPSA) is 0 Å². The average molecular weight is 318 g/mol. The molecule has 0 spiro atoms. The minimum Gasteiger partial charge on any atom is -0.135 e. The first-order valence-electron chi connectivity index (χ1n) is 3.76. The van der Waals surface area contributed by atoms with Crippen molar-refractivity contribution in [2.45, 2.75) is 0 Å². The Kier molecular flexibility index (Phi) is 2.86. The summed E-state index contributed by atoms with van der Waals surface area (Å²) in [5.74, 6) is 0. The maximum atomic E-state index is 3.59. The Labute approximate surface area is 97.5 Å². The van der Waals surface area contributed by atoms with Crippen LogP contribution in [0, 0.1) is 0 Å². The van der Waals surface area contributed by atoms with Crippen LogP contribution in [-0.2, 0) is 0 Å². The van der Waals surface area contributed by atoms with Crippen molar-refractivity contribution in [3.8, 4) is 0 Å². The number of thiophene rings is 1. The summed E-state index contributed by atoms with van der Waals surface area (Å²) in [6, 6.07) is 8.38. The van der Waals surface area contributed by atoms with Gasteiger partial charge in [-0.25, -0.2) is 0 Å². The van der Waals surface area contributed by atoms with Gasteiger partial charge in [0.2, 0.25) is 0 Å². The summed E-state index contributed by atoms with van der Waals surface area (Å²) in [7, 11) is 0. The molecule has 13 heavy (non-hydrogen) atoms. The normalized spacial score (nSPS) is 11.5. The van der Waals surface area contributed by atoms with E-state index in [9.17, 15) is 0 Å². The van der Waals surface area contributed by atoms with E-state index in [0.717, 1.165) is 0 Å². The van der Waals surface area contributed by atoms with Gasteiger partial charge in [0.15, 0.2) is 0 Å². The molecule has 0 aliphatic rings. The molecule has 66 valence electrons. The standard InChI is InChI=1S/C10H6Br2S/c11-6-5-9-10(12)7-3-1-2-4-8(7)13-9/h1-6H/b6-5+. The number of halogens is 2. The Morgan fingerprint density at radius 1 is 1.23 bits per heavy atom. The summed E-state index contributed by atoms with van der Waals surface area (Å²) >= 11 is 8.66. The molecule has 0 saturated carbocycles. The van der Waals surface area contributed by atoms with E-state index >= 15 is 0 Å². The highest BCUT2D eigenvalue weighted by atomic mass is 79.9. The second kappa shape index (κ2) is 3.95. The molecule has 1 aromatic heterocycles. The summed E-state index contributed by atoms with van der Waals surface area (Å²) in [5.41, 5.74) is 0. The zero-order valence-electron chi connectivity index (χ0n) is 6.63. The van der Waals surface area contributed by atoms with Crippen molar-refractivity contribution in [1.82, 2.24) is 0 Å². The van der Waals surface area contributed by atoms with Crippen LogP contribution in [0.3, 0.4) is 0 Å². The molecule has 0 radical (unpaired) electrons. The molecule has 0 aliphatic carbocycles. The van der Waals surface area contributed by atoms with Gasteiger partial charge in [-0.3, -0.25) is 0 Å². The molecule has 0 atom stereocenters. The number of benzene rings is 1. The lowest BCUT2D eigenvalue weighted by Crippen LogP contribution is -1.63. The Balaban J connectivity index is 2.73. The number of rotatable bonds is 1. The van der Waals surface area contributed by atoms with E-state index in [0.29, 0.717) is 0 Å². The highest BCUT2D eigenvalue weighted by Gasteiger charge is 2.05. The molecule has 0 nitrogen and oxygen atoms in total.